The van der Waals surface area contributed by atoms with Crippen molar-refractivity contribution in [1.29, 1.82) is 0 Å². The summed E-state index contributed by atoms with van der Waals surface area (Å²) in [5.41, 5.74) is 0.141. The van der Waals surface area contributed by atoms with Crippen molar-refractivity contribution in [2.75, 3.05) is 0 Å². The standard InChI is InChI=1S/C8H8O6S2.2Na.2H/c1-2-6-3-7(15(9,10)11)5-8(4-6)16(12,13)14;;;;/h2-5H,1H2,(H,9,10,11)(H,12,13,14);;;;. The van der Waals surface area contributed by atoms with Gasteiger partial charge in [-0.15, -0.1) is 0 Å². The second-order valence-electron chi connectivity index (χ2n) is 2.89. The summed E-state index contributed by atoms with van der Waals surface area (Å²) in [6.07, 6.45) is 1.18. The van der Waals surface area contributed by atoms with E-state index >= 15 is 0 Å². The second-order valence-corrected chi connectivity index (χ2v) is 5.74. The van der Waals surface area contributed by atoms with Gasteiger partial charge in [-0.3, -0.25) is 9.11 Å². The normalized spacial score (nSPS) is 11.0. The van der Waals surface area contributed by atoms with E-state index in [9.17, 15) is 16.8 Å². The maximum atomic E-state index is 10.8. The van der Waals surface area contributed by atoms with Crippen LogP contribution in [0.1, 0.15) is 5.56 Å². The van der Waals surface area contributed by atoms with Crippen molar-refractivity contribution in [2.45, 2.75) is 9.79 Å². The summed E-state index contributed by atoms with van der Waals surface area (Å²) in [7, 11) is -9.08. The minimum absolute atomic E-state index is 0. The zero-order valence-electron chi connectivity index (χ0n) is 7.86. The Hall–Kier alpha value is 0.780. The van der Waals surface area contributed by atoms with Gasteiger partial charge < -0.3 is 0 Å². The first-order valence-electron chi connectivity index (χ1n) is 3.87. The van der Waals surface area contributed by atoms with Crippen molar-refractivity contribution >= 4 is 85.4 Å². The van der Waals surface area contributed by atoms with Gasteiger partial charge in [0.1, 0.15) is 0 Å². The molecular formula is C8H10Na2O6S2. The molecule has 0 saturated carbocycles. The van der Waals surface area contributed by atoms with Gasteiger partial charge in [-0.2, -0.15) is 16.8 Å². The van der Waals surface area contributed by atoms with E-state index in [0.29, 0.717) is 6.07 Å². The van der Waals surface area contributed by atoms with Gasteiger partial charge in [0, 0.05) is 0 Å². The van der Waals surface area contributed by atoms with Crippen molar-refractivity contribution in [1.82, 2.24) is 0 Å². The first-order valence-corrected chi connectivity index (χ1v) is 6.75. The molecule has 0 amide bonds. The summed E-state index contributed by atoms with van der Waals surface area (Å²) < 4.78 is 60.8. The first-order chi connectivity index (χ1) is 7.14. The average molecular weight is 312 g/mol. The van der Waals surface area contributed by atoms with Crippen LogP contribution in [0.5, 0.6) is 0 Å². The summed E-state index contributed by atoms with van der Waals surface area (Å²) >= 11 is 0. The van der Waals surface area contributed by atoms with Gasteiger partial charge in [0.2, 0.25) is 0 Å². The van der Waals surface area contributed by atoms with Crippen molar-refractivity contribution in [3.63, 3.8) is 0 Å². The van der Waals surface area contributed by atoms with E-state index in [1.807, 2.05) is 0 Å². The Morgan fingerprint density at radius 2 is 1.22 bits per heavy atom. The van der Waals surface area contributed by atoms with E-state index in [1.54, 1.807) is 0 Å². The molecule has 0 saturated heterocycles. The van der Waals surface area contributed by atoms with Crippen molar-refractivity contribution in [3.05, 3.63) is 30.3 Å². The van der Waals surface area contributed by atoms with Crippen LogP contribution in [-0.2, 0) is 20.2 Å². The van der Waals surface area contributed by atoms with Crippen LogP contribution >= 0.6 is 0 Å². The van der Waals surface area contributed by atoms with Gasteiger partial charge in [-0.1, -0.05) is 12.7 Å². The number of hydrogen-bond donors (Lipinski definition) is 2. The molecular weight excluding hydrogens is 302 g/mol. The number of rotatable bonds is 3. The quantitative estimate of drug-likeness (QED) is 0.577. The van der Waals surface area contributed by atoms with Gasteiger partial charge in [0.15, 0.2) is 0 Å². The van der Waals surface area contributed by atoms with Gasteiger partial charge in [0.25, 0.3) is 20.2 Å². The Balaban J connectivity index is 0. The molecule has 92 valence electrons. The van der Waals surface area contributed by atoms with Gasteiger partial charge in [-0.05, 0) is 23.8 Å². The molecule has 0 atom stereocenters. The third kappa shape index (κ3) is 5.83. The van der Waals surface area contributed by atoms with Gasteiger partial charge >= 0.3 is 59.1 Å². The van der Waals surface area contributed by atoms with Crippen LogP contribution < -0.4 is 0 Å². The number of benzene rings is 1. The van der Waals surface area contributed by atoms with Gasteiger partial charge in [-0.25, -0.2) is 0 Å². The molecule has 2 N–H and O–H groups in total. The molecule has 18 heavy (non-hydrogen) atoms. The van der Waals surface area contributed by atoms with E-state index in [0.717, 1.165) is 12.1 Å². The molecule has 1 rings (SSSR count). The Morgan fingerprint density at radius 3 is 1.44 bits per heavy atom. The molecule has 0 fully saturated rings. The summed E-state index contributed by atoms with van der Waals surface area (Å²) in [6.45, 7) is 3.32. The molecule has 0 aliphatic heterocycles. The fourth-order valence-corrected chi connectivity index (χ4v) is 2.21. The molecule has 6 nitrogen and oxygen atoms in total. The van der Waals surface area contributed by atoms with Crippen LogP contribution in [0.25, 0.3) is 6.08 Å². The Kier molecular flexibility index (Phi) is 8.82. The van der Waals surface area contributed by atoms with Gasteiger partial charge in [0.05, 0.1) is 9.79 Å². The first kappa shape index (κ1) is 21.1. The zero-order valence-corrected chi connectivity index (χ0v) is 9.49. The third-order valence-electron chi connectivity index (χ3n) is 1.73. The molecule has 1 aromatic rings. The molecule has 0 aliphatic carbocycles. The van der Waals surface area contributed by atoms with Crippen molar-refractivity contribution < 1.29 is 25.9 Å². The fourth-order valence-electron chi connectivity index (χ4n) is 1.01. The molecule has 0 aliphatic rings. The third-order valence-corrected chi connectivity index (χ3v) is 3.40. The van der Waals surface area contributed by atoms with Crippen LogP contribution in [0.3, 0.4) is 0 Å². The average Bonchev–Trinajstić information content (AvgIpc) is 2.14. The summed E-state index contributed by atoms with van der Waals surface area (Å²) in [4.78, 5) is -1.25. The topological polar surface area (TPSA) is 109 Å². The Labute approximate surface area is 150 Å². The summed E-state index contributed by atoms with van der Waals surface area (Å²) in [6, 6.07) is 2.70. The molecule has 1 aromatic carbocycles. The second kappa shape index (κ2) is 7.53. The van der Waals surface area contributed by atoms with Crippen LogP contribution in [0.2, 0.25) is 0 Å². The van der Waals surface area contributed by atoms with Crippen molar-refractivity contribution in [3.8, 4) is 0 Å². The Morgan fingerprint density at radius 1 is 0.889 bits per heavy atom. The van der Waals surface area contributed by atoms with Crippen LogP contribution in [0.15, 0.2) is 34.6 Å². The van der Waals surface area contributed by atoms with E-state index in [4.69, 9.17) is 9.11 Å². The predicted molar refractivity (Wildman–Crippen MR) is 70.5 cm³/mol. The minimum atomic E-state index is -4.54. The van der Waals surface area contributed by atoms with Crippen LogP contribution in [-0.4, -0.2) is 85.1 Å². The van der Waals surface area contributed by atoms with Crippen LogP contribution in [0.4, 0.5) is 0 Å². The maximum absolute atomic E-state index is 10.8. The number of hydrogen-bond acceptors (Lipinski definition) is 4. The van der Waals surface area contributed by atoms with E-state index in [1.165, 1.54) is 6.08 Å². The van der Waals surface area contributed by atoms with E-state index in [-0.39, 0.29) is 64.7 Å². The summed E-state index contributed by atoms with van der Waals surface area (Å²) in [5, 5.41) is 0. The molecule has 0 radical (unpaired) electrons. The molecule has 0 spiro atoms. The zero-order chi connectivity index (χ0) is 12.6. The Bertz CT molecular complexity index is 585. The monoisotopic (exact) mass is 312 g/mol. The summed E-state index contributed by atoms with van der Waals surface area (Å²) in [5.74, 6) is 0. The van der Waals surface area contributed by atoms with E-state index in [2.05, 4.69) is 6.58 Å². The van der Waals surface area contributed by atoms with Crippen molar-refractivity contribution in [2.24, 2.45) is 0 Å². The van der Waals surface area contributed by atoms with Crippen LogP contribution in [0, 0.1) is 0 Å². The predicted octanol–water partition coefficient (Wildman–Crippen LogP) is -0.474. The van der Waals surface area contributed by atoms with E-state index < -0.39 is 30.0 Å². The molecule has 10 heteroatoms. The fraction of sp³-hybridized carbons (Fsp3) is 0. The molecule has 0 aromatic heterocycles. The molecule has 0 bridgehead atoms. The SMILES string of the molecule is C=Cc1cc(S(=O)(=O)O)cc(S(=O)(=O)O)c1.[NaH].[NaH]. The molecule has 0 unspecified atom stereocenters. The molecule has 0 heterocycles.